The number of carbonyl (C=O) groups excluding carboxylic acids is 2. The molecule has 0 spiro atoms. The van der Waals surface area contributed by atoms with Crippen LogP contribution < -0.4 is 10.6 Å². The van der Waals surface area contributed by atoms with E-state index in [1.807, 2.05) is 0 Å². The molecule has 0 aliphatic carbocycles. The van der Waals surface area contributed by atoms with Crippen LogP contribution in [0.3, 0.4) is 0 Å². The summed E-state index contributed by atoms with van der Waals surface area (Å²) in [5, 5.41) is 16.6. The van der Waals surface area contributed by atoms with Crippen molar-refractivity contribution < 1.29 is 14.5 Å². The van der Waals surface area contributed by atoms with Crippen LogP contribution in [-0.4, -0.2) is 22.8 Å². The van der Waals surface area contributed by atoms with E-state index in [4.69, 9.17) is 23.2 Å². The molecular weight excluding hydrogens is 405 g/mol. The van der Waals surface area contributed by atoms with Crippen molar-refractivity contribution in [2.45, 2.75) is 19.9 Å². The van der Waals surface area contributed by atoms with Crippen LogP contribution >= 0.6 is 23.2 Å². The maximum absolute atomic E-state index is 12.6. The predicted molar refractivity (Wildman–Crippen MR) is 108 cm³/mol. The molecule has 146 valence electrons. The van der Waals surface area contributed by atoms with E-state index in [0.29, 0.717) is 10.6 Å². The third-order valence-corrected chi connectivity index (χ3v) is 4.03. The number of nitrogens with zero attached hydrogens (tertiary/aromatic N) is 1. The first kappa shape index (κ1) is 21.4. The van der Waals surface area contributed by atoms with E-state index in [-0.39, 0.29) is 28.0 Å². The minimum absolute atomic E-state index is 0.0785. The summed E-state index contributed by atoms with van der Waals surface area (Å²) in [6, 6.07) is 9.86. The van der Waals surface area contributed by atoms with Gasteiger partial charge in [-0.05, 0) is 43.7 Å². The van der Waals surface area contributed by atoms with E-state index >= 15 is 0 Å². The van der Waals surface area contributed by atoms with Crippen LogP contribution in [0.5, 0.6) is 0 Å². The topological polar surface area (TPSA) is 101 Å². The second-order valence-electron chi connectivity index (χ2n) is 6.12. The van der Waals surface area contributed by atoms with Gasteiger partial charge in [-0.1, -0.05) is 35.3 Å². The summed E-state index contributed by atoms with van der Waals surface area (Å²) in [5.41, 5.74) is 0.300. The average Bonchev–Trinajstić information content (AvgIpc) is 2.60. The van der Waals surface area contributed by atoms with E-state index in [1.54, 1.807) is 19.9 Å². The molecule has 0 saturated carbocycles. The highest BCUT2D eigenvalue weighted by Gasteiger charge is 2.18. The van der Waals surface area contributed by atoms with E-state index in [2.05, 4.69) is 10.6 Å². The first-order chi connectivity index (χ1) is 13.2. The molecule has 28 heavy (non-hydrogen) atoms. The van der Waals surface area contributed by atoms with Gasteiger partial charge in [-0.2, -0.15) is 0 Å². The minimum Gasteiger partial charge on any atom is -0.349 e. The molecule has 2 rings (SSSR count). The van der Waals surface area contributed by atoms with E-state index in [1.165, 1.54) is 42.5 Å². The molecule has 0 bridgehead atoms. The number of benzene rings is 2. The van der Waals surface area contributed by atoms with Crippen LogP contribution in [0.25, 0.3) is 6.08 Å². The van der Waals surface area contributed by atoms with Gasteiger partial charge in [0, 0.05) is 23.2 Å². The highest BCUT2D eigenvalue weighted by Crippen LogP contribution is 2.21. The molecule has 0 aliphatic rings. The molecule has 9 heteroatoms. The maximum atomic E-state index is 12.6. The first-order valence-electron chi connectivity index (χ1n) is 8.21. The summed E-state index contributed by atoms with van der Waals surface area (Å²) >= 11 is 11.9. The second-order valence-corrected chi connectivity index (χ2v) is 6.96. The van der Waals surface area contributed by atoms with Crippen molar-refractivity contribution in [3.05, 3.63) is 79.4 Å². The van der Waals surface area contributed by atoms with Gasteiger partial charge >= 0.3 is 0 Å². The number of nitro benzene ring substituents is 1. The van der Waals surface area contributed by atoms with Crippen LogP contribution in [0.2, 0.25) is 10.0 Å². The fraction of sp³-hybridized carbons (Fsp3) is 0.158. The normalized spacial score (nSPS) is 11.2. The Hall–Kier alpha value is -2.90. The second kappa shape index (κ2) is 9.34. The molecule has 2 aromatic rings. The Morgan fingerprint density at radius 1 is 1.14 bits per heavy atom. The molecule has 0 fully saturated rings. The van der Waals surface area contributed by atoms with Crippen molar-refractivity contribution in [3.8, 4) is 0 Å². The zero-order valence-electron chi connectivity index (χ0n) is 15.0. The SMILES string of the molecule is CC(C)NC(=O)/C(=C/c1cccc([N+](=O)[O-])c1)NC(=O)c1ccc(Cl)cc1Cl. The van der Waals surface area contributed by atoms with Crippen molar-refractivity contribution in [2.24, 2.45) is 0 Å². The smallest absolute Gasteiger partial charge is 0.270 e. The van der Waals surface area contributed by atoms with Gasteiger partial charge in [-0.15, -0.1) is 0 Å². The molecule has 0 unspecified atom stereocenters. The number of rotatable bonds is 6. The number of hydrogen-bond acceptors (Lipinski definition) is 4. The molecule has 0 radical (unpaired) electrons. The van der Waals surface area contributed by atoms with Gasteiger partial charge in [0.15, 0.2) is 0 Å². The van der Waals surface area contributed by atoms with Crippen LogP contribution in [0.15, 0.2) is 48.2 Å². The predicted octanol–water partition coefficient (Wildman–Crippen LogP) is 4.20. The minimum atomic E-state index is -0.614. The van der Waals surface area contributed by atoms with Gasteiger partial charge in [-0.25, -0.2) is 0 Å². The Morgan fingerprint density at radius 2 is 1.86 bits per heavy atom. The van der Waals surface area contributed by atoms with E-state index < -0.39 is 16.7 Å². The van der Waals surface area contributed by atoms with Crippen molar-refractivity contribution in [3.63, 3.8) is 0 Å². The number of carbonyl (C=O) groups is 2. The van der Waals surface area contributed by atoms with E-state index in [0.717, 1.165) is 0 Å². The quantitative estimate of drug-likeness (QED) is 0.414. The summed E-state index contributed by atoms with van der Waals surface area (Å²) in [6.07, 6.45) is 1.35. The van der Waals surface area contributed by atoms with Crippen LogP contribution in [0.1, 0.15) is 29.8 Å². The summed E-state index contributed by atoms with van der Waals surface area (Å²) < 4.78 is 0. The summed E-state index contributed by atoms with van der Waals surface area (Å²) in [4.78, 5) is 35.5. The fourth-order valence-electron chi connectivity index (χ4n) is 2.26. The van der Waals surface area contributed by atoms with Gasteiger partial charge in [0.25, 0.3) is 17.5 Å². The highest BCUT2D eigenvalue weighted by molar-refractivity contribution is 6.36. The maximum Gasteiger partial charge on any atom is 0.270 e. The molecular formula is C19H17Cl2N3O4. The molecule has 2 amide bonds. The number of hydrogen-bond donors (Lipinski definition) is 2. The van der Waals surface area contributed by atoms with Crippen LogP contribution in [-0.2, 0) is 4.79 Å². The van der Waals surface area contributed by atoms with Crippen molar-refractivity contribution in [1.29, 1.82) is 0 Å². The number of amides is 2. The van der Waals surface area contributed by atoms with Crippen molar-refractivity contribution >= 4 is 46.8 Å². The molecule has 0 heterocycles. The third kappa shape index (κ3) is 5.80. The fourth-order valence-corrected chi connectivity index (χ4v) is 2.75. The molecule has 0 aliphatic heterocycles. The molecule has 2 aromatic carbocycles. The Balaban J connectivity index is 2.39. The third-order valence-electron chi connectivity index (χ3n) is 3.48. The summed E-state index contributed by atoms with van der Waals surface area (Å²) in [5.74, 6) is -1.16. The summed E-state index contributed by atoms with van der Waals surface area (Å²) in [7, 11) is 0. The Labute approximate surface area is 171 Å². The average molecular weight is 422 g/mol. The molecule has 2 N–H and O–H groups in total. The van der Waals surface area contributed by atoms with Gasteiger partial charge in [0.2, 0.25) is 0 Å². The standard InChI is InChI=1S/C19H17Cl2N3O4/c1-11(2)22-19(26)17(9-12-4-3-5-14(8-12)24(27)28)23-18(25)15-7-6-13(20)10-16(15)21/h3-11H,1-2H3,(H,22,26)(H,23,25)/b17-9-. The first-order valence-corrected chi connectivity index (χ1v) is 8.96. The lowest BCUT2D eigenvalue weighted by atomic mass is 10.1. The Kier molecular flexibility index (Phi) is 7.14. The number of non-ortho nitro benzene ring substituents is 1. The Morgan fingerprint density at radius 3 is 2.46 bits per heavy atom. The molecule has 0 aromatic heterocycles. The van der Waals surface area contributed by atoms with Gasteiger partial charge < -0.3 is 10.6 Å². The molecule has 7 nitrogen and oxygen atoms in total. The van der Waals surface area contributed by atoms with Gasteiger partial charge in [0.1, 0.15) is 5.70 Å². The number of nitro groups is 1. The highest BCUT2D eigenvalue weighted by atomic mass is 35.5. The monoisotopic (exact) mass is 421 g/mol. The number of halogens is 2. The lowest BCUT2D eigenvalue weighted by Crippen LogP contribution is -2.38. The van der Waals surface area contributed by atoms with Crippen molar-refractivity contribution in [1.82, 2.24) is 10.6 Å². The van der Waals surface area contributed by atoms with Crippen LogP contribution in [0, 0.1) is 10.1 Å². The molecule has 0 saturated heterocycles. The number of nitrogens with one attached hydrogen (secondary N) is 2. The largest absolute Gasteiger partial charge is 0.349 e. The lowest BCUT2D eigenvalue weighted by Gasteiger charge is -2.13. The Bertz CT molecular complexity index is 958. The van der Waals surface area contributed by atoms with Crippen LogP contribution in [0.4, 0.5) is 5.69 Å². The van der Waals surface area contributed by atoms with Crippen molar-refractivity contribution in [2.75, 3.05) is 0 Å². The summed E-state index contributed by atoms with van der Waals surface area (Å²) in [6.45, 7) is 3.53. The molecule has 0 atom stereocenters. The lowest BCUT2D eigenvalue weighted by molar-refractivity contribution is -0.384. The van der Waals surface area contributed by atoms with Gasteiger partial charge in [0.05, 0.1) is 15.5 Å². The zero-order valence-corrected chi connectivity index (χ0v) is 16.5. The van der Waals surface area contributed by atoms with E-state index in [9.17, 15) is 19.7 Å². The van der Waals surface area contributed by atoms with Gasteiger partial charge in [-0.3, -0.25) is 19.7 Å². The zero-order chi connectivity index (χ0) is 20.8.